The highest BCUT2D eigenvalue weighted by Gasteiger charge is 2.50. The van der Waals surface area contributed by atoms with Gasteiger partial charge in [0.15, 0.2) is 0 Å². The number of likely N-dealkylation sites (tertiary alicyclic amines) is 1. The van der Waals surface area contributed by atoms with Crippen molar-refractivity contribution in [2.75, 3.05) is 39.8 Å². The van der Waals surface area contributed by atoms with Crippen molar-refractivity contribution >= 4 is 17.2 Å². The van der Waals surface area contributed by atoms with Gasteiger partial charge in [0, 0.05) is 39.8 Å². The van der Waals surface area contributed by atoms with E-state index >= 15 is 0 Å². The van der Waals surface area contributed by atoms with E-state index in [0.29, 0.717) is 6.61 Å². The SMILES string of the molecule is CNC(=O)[C@H]1COC2(CN(Cc3ccsc3)C2)CN1CC1CC1. The third-order valence-electron chi connectivity index (χ3n) is 5.23. The number of carbonyl (C=O) groups excluding carboxylic acids is 1. The molecule has 5 nitrogen and oxygen atoms in total. The van der Waals surface area contributed by atoms with E-state index in [2.05, 4.69) is 31.9 Å². The van der Waals surface area contributed by atoms with E-state index < -0.39 is 0 Å². The molecule has 1 aromatic heterocycles. The Labute approximate surface area is 141 Å². The van der Waals surface area contributed by atoms with Crippen LogP contribution in [0.2, 0.25) is 0 Å². The summed E-state index contributed by atoms with van der Waals surface area (Å²) in [6, 6.07) is 2.08. The molecule has 23 heavy (non-hydrogen) atoms. The minimum Gasteiger partial charge on any atom is -0.369 e. The van der Waals surface area contributed by atoms with Crippen LogP contribution in [0.1, 0.15) is 18.4 Å². The number of hydrogen-bond acceptors (Lipinski definition) is 5. The summed E-state index contributed by atoms with van der Waals surface area (Å²) in [7, 11) is 1.72. The third kappa shape index (κ3) is 3.31. The summed E-state index contributed by atoms with van der Waals surface area (Å²) in [6.07, 6.45) is 2.63. The summed E-state index contributed by atoms with van der Waals surface area (Å²) >= 11 is 1.75. The van der Waals surface area contributed by atoms with Crippen molar-refractivity contribution in [3.63, 3.8) is 0 Å². The first kappa shape index (κ1) is 15.6. The largest absolute Gasteiger partial charge is 0.369 e. The summed E-state index contributed by atoms with van der Waals surface area (Å²) in [5.74, 6) is 0.884. The number of hydrogen-bond donors (Lipinski definition) is 1. The van der Waals surface area contributed by atoms with Crippen molar-refractivity contribution in [3.8, 4) is 0 Å². The van der Waals surface area contributed by atoms with Crippen LogP contribution in [0.5, 0.6) is 0 Å². The molecular weight excluding hydrogens is 310 g/mol. The highest BCUT2D eigenvalue weighted by atomic mass is 32.1. The smallest absolute Gasteiger partial charge is 0.239 e. The molecule has 4 rings (SSSR count). The highest BCUT2D eigenvalue weighted by molar-refractivity contribution is 7.07. The van der Waals surface area contributed by atoms with Crippen LogP contribution in [0.4, 0.5) is 0 Å². The van der Waals surface area contributed by atoms with Crippen LogP contribution in [0.15, 0.2) is 16.8 Å². The second-order valence-electron chi connectivity index (χ2n) is 7.27. The topological polar surface area (TPSA) is 44.8 Å². The van der Waals surface area contributed by atoms with Crippen molar-refractivity contribution < 1.29 is 9.53 Å². The normalized spacial score (nSPS) is 27.8. The number of nitrogens with zero attached hydrogens (tertiary/aromatic N) is 2. The van der Waals surface area contributed by atoms with Crippen molar-refractivity contribution in [2.24, 2.45) is 5.92 Å². The Morgan fingerprint density at radius 1 is 1.43 bits per heavy atom. The summed E-state index contributed by atoms with van der Waals surface area (Å²) in [5.41, 5.74) is 1.33. The van der Waals surface area contributed by atoms with Crippen LogP contribution in [0, 0.1) is 5.92 Å². The Morgan fingerprint density at radius 3 is 2.91 bits per heavy atom. The van der Waals surface area contributed by atoms with Gasteiger partial charge in [0.2, 0.25) is 5.91 Å². The molecule has 3 heterocycles. The van der Waals surface area contributed by atoms with Gasteiger partial charge in [0.05, 0.1) is 6.61 Å². The molecule has 1 spiro atoms. The van der Waals surface area contributed by atoms with E-state index in [1.165, 1.54) is 18.4 Å². The van der Waals surface area contributed by atoms with Crippen LogP contribution in [-0.4, -0.2) is 67.2 Å². The minimum absolute atomic E-state index is 0.0601. The number of morpholine rings is 1. The number of thiophene rings is 1. The Morgan fingerprint density at radius 2 is 2.26 bits per heavy atom. The predicted octanol–water partition coefficient (Wildman–Crippen LogP) is 1.16. The first-order chi connectivity index (χ1) is 11.2. The van der Waals surface area contributed by atoms with Crippen LogP contribution >= 0.6 is 11.3 Å². The fourth-order valence-corrected chi connectivity index (χ4v) is 4.49. The molecule has 1 saturated carbocycles. The molecule has 6 heteroatoms. The fourth-order valence-electron chi connectivity index (χ4n) is 3.83. The Hall–Kier alpha value is -0.950. The Kier molecular flexibility index (Phi) is 4.17. The van der Waals surface area contributed by atoms with E-state index in [9.17, 15) is 4.79 Å². The van der Waals surface area contributed by atoms with Crippen molar-refractivity contribution in [1.82, 2.24) is 15.1 Å². The molecule has 1 aromatic rings. The molecule has 0 aromatic carbocycles. The van der Waals surface area contributed by atoms with E-state index in [0.717, 1.165) is 38.6 Å². The third-order valence-corrected chi connectivity index (χ3v) is 5.96. The molecule has 0 unspecified atom stereocenters. The zero-order valence-corrected chi connectivity index (χ0v) is 14.5. The van der Waals surface area contributed by atoms with Gasteiger partial charge in [0.25, 0.3) is 0 Å². The van der Waals surface area contributed by atoms with Gasteiger partial charge >= 0.3 is 0 Å². The van der Waals surface area contributed by atoms with Gasteiger partial charge in [-0.3, -0.25) is 14.6 Å². The lowest BCUT2D eigenvalue weighted by Crippen LogP contribution is -2.72. The predicted molar refractivity (Wildman–Crippen MR) is 90.4 cm³/mol. The van der Waals surface area contributed by atoms with Crippen molar-refractivity contribution in [2.45, 2.75) is 31.0 Å². The lowest BCUT2D eigenvalue weighted by atomic mass is 9.90. The van der Waals surface area contributed by atoms with Gasteiger partial charge < -0.3 is 10.1 Å². The van der Waals surface area contributed by atoms with Crippen molar-refractivity contribution in [3.05, 3.63) is 22.4 Å². The van der Waals surface area contributed by atoms with Gasteiger partial charge in [-0.05, 0) is 41.1 Å². The molecule has 3 aliphatic rings. The average Bonchev–Trinajstić information content (AvgIpc) is 3.18. The van der Waals surface area contributed by atoms with E-state index in [1.807, 2.05) is 0 Å². The summed E-state index contributed by atoms with van der Waals surface area (Å²) in [4.78, 5) is 16.9. The molecule has 126 valence electrons. The van der Waals surface area contributed by atoms with Crippen LogP contribution < -0.4 is 5.32 Å². The lowest BCUT2D eigenvalue weighted by Gasteiger charge is -2.55. The maximum Gasteiger partial charge on any atom is 0.239 e. The number of amides is 1. The molecule has 1 amide bonds. The zero-order valence-electron chi connectivity index (χ0n) is 13.7. The van der Waals surface area contributed by atoms with Gasteiger partial charge in [-0.1, -0.05) is 0 Å². The van der Waals surface area contributed by atoms with Crippen LogP contribution in [-0.2, 0) is 16.1 Å². The maximum atomic E-state index is 12.1. The molecular formula is C17H25N3O2S. The first-order valence-electron chi connectivity index (χ1n) is 8.50. The first-order valence-corrected chi connectivity index (χ1v) is 9.45. The Balaban J connectivity index is 1.36. The quantitative estimate of drug-likeness (QED) is 0.877. The molecule has 1 N–H and O–H groups in total. The van der Waals surface area contributed by atoms with Crippen molar-refractivity contribution in [1.29, 1.82) is 0 Å². The van der Waals surface area contributed by atoms with Gasteiger partial charge in [-0.2, -0.15) is 11.3 Å². The van der Waals surface area contributed by atoms with Crippen LogP contribution in [0.25, 0.3) is 0 Å². The number of likely N-dealkylation sites (N-methyl/N-ethyl adjacent to an activating group) is 1. The molecule has 1 atom stereocenters. The second kappa shape index (κ2) is 6.16. The molecule has 2 aliphatic heterocycles. The second-order valence-corrected chi connectivity index (χ2v) is 8.05. The number of ether oxygens (including phenoxy) is 1. The number of rotatable bonds is 5. The lowest BCUT2D eigenvalue weighted by molar-refractivity contribution is -0.203. The number of carbonyl (C=O) groups is 1. The monoisotopic (exact) mass is 335 g/mol. The molecule has 2 saturated heterocycles. The van der Waals surface area contributed by atoms with Gasteiger partial charge in [0.1, 0.15) is 11.6 Å². The number of nitrogens with one attached hydrogen (secondary N) is 1. The highest BCUT2D eigenvalue weighted by Crippen LogP contribution is 2.36. The fraction of sp³-hybridized carbons (Fsp3) is 0.706. The van der Waals surface area contributed by atoms with Gasteiger partial charge in [-0.25, -0.2) is 0 Å². The van der Waals surface area contributed by atoms with E-state index in [1.54, 1.807) is 18.4 Å². The molecule has 1 aliphatic carbocycles. The standard InChI is InChI=1S/C17H25N3O2S/c1-18-16(21)15-8-22-17(12-20(15)7-13-2-3-13)10-19(11-17)6-14-4-5-23-9-14/h4-5,9,13,15H,2-3,6-8,10-12H2,1H3,(H,18,21)/t15-/m1/s1. The minimum atomic E-state index is -0.114. The van der Waals surface area contributed by atoms with E-state index in [-0.39, 0.29) is 17.6 Å². The average molecular weight is 335 g/mol. The zero-order chi connectivity index (χ0) is 15.9. The Bertz CT molecular complexity index is 552. The summed E-state index contributed by atoms with van der Waals surface area (Å²) < 4.78 is 6.18. The summed E-state index contributed by atoms with van der Waals surface area (Å²) in [6.45, 7) is 5.43. The van der Waals surface area contributed by atoms with E-state index in [4.69, 9.17) is 4.74 Å². The maximum absolute atomic E-state index is 12.1. The molecule has 3 fully saturated rings. The molecule has 0 bridgehead atoms. The van der Waals surface area contributed by atoms with Crippen LogP contribution in [0.3, 0.4) is 0 Å². The van der Waals surface area contributed by atoms with Gasteiger partial charge in [-0.15, -0.1) is 0 Å². The summed E-state index contributed by atoms with van der Waals surface area (Å²) in [5, 5.41) is 7.14. The molecule has 0 radical (unpaired) electrons.